The maximum atomic E-state index is 13.0. The summed E-state index contributed by atoms with van der Waals surface area (Å²) in [5.41, 5.74) is 6.03. The summed E-state index contributed by atoms with van der Waals surface area (Å²) in [6, 6.07) is 47.1. The first-order chi connectivity index (χ1) is 21.5. The van der Waals surface area contributed by atoms with Crippen LogP contribution in [0.25, 0.3) is 0 Å². The van der Waals surface area contributed by atoms with Crippen LogP contribution in [0.2, 0.25) is 0 Å². The van der Waals surface area contributed by atoms with Crippen molar-refractivity contribution >= 4 is 11.6 Å². The fraction of sp³-hybridized carbons (Fsp3) is 0.0500. The summed E-state index contributed by atoms with van der Waals surface area (Å²) in [4.78, 5) is 25.8. The molecule has 44 heavy (non-hydrogen) atoms. The first-order valence-electron chi connectivity index (χ1n) is 14.4. The molecule has 0 aliphatic heterocycles. The third-order valence-corrected chi connectivity index (χ3v) is 7.31. The van der Waals surface area contributed by atoms with Gasteiger partial charge in [0.1, 0.15) is 23.0 Å². The Bertz CT molecular complexity index is 1850. The normalized spacial score (nSPS) is 10.7. The highest BCUT2D eigenvalue weighted by molar-refractivity contribution is 6.09. The van der Waals surface area contributed by atoms with Crippen molar-refractivity contribution in [3.8, 4) is 23.0 Å². The van der Waals surface area contributed by atoms with Crippen LogP contribution in [0.3, 0.4) is 0 Å². The first kappa shape index (κ1) is 28.4. The number of benzene rings is 6. The fourth-order valence-electron chi connectivity index (χ4n) is 4.84. The summed E-state index contributed by atoms with van der Waals surface area (Å²) in [6.07, 6.45) is 0.832. The summed E-state index contributed by atoms with van der Waals surface area (Å²) < 4.78 is 11.9. The van der Waals surface area contributed by atoms with Crippen molar-refractivity contribution in [3.05, 3.63) is 191 Å². The standard InChI is InChI=1S/C40H30O4/c1-28-7-11-31(12-8-28)39(41)33-15-19-35(20-16-33)43-37-23-25-38(26-24-37)44-36-21-17-34(18-22-36)40(42)32-13-9-30(10-14-32)27-29-5-3-2-4-6-29/h2-26H,27H2,1H3. The van der Waals surface area contributed by atoms with E-state index in [1.165, 1.54) is 5.56 Å². The molecule has 0 bridgehead atoms. The Hall–Kier alpha value is -5.74. The summed E-state index contributed by atoms with van der Waals surface area (Å²) in [5.74, 6) is 2.49. The van der Waals surface area contributed by atoms with Gasteiger partial charge >= 0.3 is 0 Å². The van der Waals surface area contributed by atoms with E-state index in [4.69, 9.17) is 9.47 Å². The minimum absolute atomic E-state index is 0.0244. The largest absolute Gasteiger partial charge is 0.457 e. The minimum atomic E-state index is -0.0307. The van der Waals surface area contributed by atoms with E-state index in [-0.39, 0.29) is 11.6 Å². The average Bonchev–Trinajstić information content (AvgIpc) is 3.07. The highest BCUT2D eigenvalue weighted by atomic mass is 16.5. The van der Waals surface area contributed by atoms with E-state index in [2.05, 4.69) is 12.1 Å². The summed E-state index contributed by atoms with van der Waals surface area (Å²) in [7, 11) is 0. The Labute approximate surface area is 257 Å². The van der Waals surface area contributed by atoms with Crippen molar-refractivity contribution in [1.29, 1.82) is 0 Å². The maximum Gasteiger partial charge on any atom is 0.193 e. The van der Waals surface area contributed by atoms with Crippen molar-refractivity contribution in [2.75, 3.05) is 0 Å². The molecule has 4 heteroatoms. The average molecular weight is 575 g/mol. The number of hydrogen-bond donors (Lipinski definition) is 0. The molecule has 0 aliphatic carbocycles. The van der Waals surface area contributed by atoms with Gasteiger partial charge in [0.2, 0.25) is 0 Å². The van der Waals surface area contributed by atoms with Crippen molar-refractivity contribution in [3.63, 3.8) is 0 Å². The highest BCUT2D eigenvalue weighted by Gasteiger charge is 2.11. The van der Waals surface area contributed by atoms with Crippen LogP contribution >= 0.6 is 0 Å². The van der Waals surface area contributed by atoms with E-state index in [1.54, 1.807) is 48.5 Å². The molecular formula is C40H30O4. The minimum Gasteiger partial charge on any atom is -0.457 e. The molecule has 4 nitrogen and oxygen atoms in total. The number of carbonyl (C=O) groups is 2. The third kappa shape index (κ3) is 7.00. The van der Waals surface area contributed by atoms with E-state index in [0.29, 0.717) is 45.3 Å². The maximum absolute atomic E-state index is 13.0. The lowest BCUT2D eigenvalue weighted by atomic mass is 9.99. The van der Waals surface area contributed by atoms with Crippen LogP contribution in [0, 0.1) is 6.92 Å². The Morgan fingerprint density at radius 1 is 0.409 bits per heavy atom. The van der Waals surface area contributed by atoms with Crippen LogP contribution in [0.4, 0.5) is 0 Å². The second kappa shape index (κ2) is 13.1. The van der Waals surface area contributed by atoms with Crippen LogP contribution in [0.5, 0.6) is 23.0 Å². The van der Waals surface area contributed by atoms with Gasteiger partial charge in [-0.3, -0.25) is 9.59 Å². The van der Waals surface area contributed by atoms with Gasteiger partial charge in [-0.1, -0.05) is 84.4 Å². The van der Waals surface area contributed by atoms with Crippen molar-refractivity contribution < 1.29 is 19.1 Å². The predicted octanol–water partition coefficient (Wildman–Crippen LogP) is 9.63. The SMILES string of the molecule is Cc1ccc(C(=O)c2ccc(Oc3ccc(Oc4ccc(C(=O)c5ccc(Cc6ccccc6)cc5)cc4)cc3)cc2)cc1. The zero-order valence-corrected chi connectivity index (χ0v) is 24.3. The van der Waals surface area contributed by atoms with Crippen molar-refractivity contribution in [1.82, 2.24) is 0 Å². The molecule has 6 aromatic rings. The number of ether oxygens (including phenoxy) is 2. The molecule has 0 amide bonds. The summed E-state index contributed by atoms with van der Waals surface area (Å²) in [5, 5.41) is 0. The second-order valence-electron chi connectivity index (χ2n) is 10.6. The van der Waals surface area contributed by atoms with E-state index >= 15 is 0 Å². The molecule has 214 valence electrons. The van der Waals surface area contributed by atoms with Gasteiger partial charge in [0.05, 0.1) is 0 Å². The molecule has 0 unspecified atom stereocenters. The fourth-order valence-corrected chi connectivity index (χ4v) is 4.84. The van der Waals surface area contributed by atoms with E-state index in [9.17, 15) is 9.59 Å². The van der Waals surface area contributed by atoms with Gasteiger partial charge in [-0.15, -0.1) is 0 Å². The quantitative estimate of drug-likeness (QED) is 0.153. The molecule has 0 spiro atoms. The number of hydrogen-bond acceptors (Lipinski definition) is 4. The molecule has 6 aromatic carbocycles. The Morgan fingerprint density at radius 3 is 1.14 bits per heavy atom. The lowest BCUT2D eigenvalue weighted by molar-refractivity contribution is 0.103. The molecule has 0 atom stereocenters. The number of aryl methyl sites for hydroxylation is 1. The van der Waals surface area contributed by atoms with Crippen LogP contribution in [0.15, 0.2) is 152 Å². The van der Waals surface area contributed by atoms with Crippen LogP contribution in [0.1, 0.15) is 48.5 Å². The van der Waals surface area contributed by atoms with Crippen molar-refractivity contribution in [2.45, 2.75) is 13.3 Å². The van der Waals surface area contributed by atoms with Gasteiger partial charge < -0.3 is 9.47 Å². The first-order valence-corrected chi connectivity index (χ1v) is 14.4. The molecule has 6 rings (SSSR count). The van der Waals surface area contributed by atoms with Crippen LogP contribution in [-0.2, 0) is 6.42 Å². The molecule has 0 fully saturated rings. The predicted molar refractivity (Wildman–Crippen MR) is 173 cm³/mol. The third-order valence-electron chi connectivity index (χ3n) is 7.31. The van der Waals surface area contributed by atoms with E-state index in [0.717, 1.165) is 17.5 Å². The Balaban J connectivity index is 1.03. The monoisotopic (exact) mass is 574 g/mol. The van der Waals surface area contributed by atoms with Crippen LogP contribution in [-0.4, -0.2) is 11.6 Å². The molecule has 0 aliphatic rings. The molecule has 0 heterocycles. The van der Waals surface area contributed by atoms with Gasteiger partial charge in [0.15, 0.2) is 11.6 Å². The molecule has 0 saturated heterocycles. The number of rotatable bonds is 10. The lowest BCUT2D eigenvalue weighted by Crippen LogP contribution is -2.01. The highest BCUT2D eigenvalue weighted by Crippen LogP contribution is 2.28. The van der Waals surface area contributed by atoms with Gasteiger partial charge in [-0.25, -0.2) is 0 Å². The molecule has 0 radical (unpaired) electrons. The van der Waals surface area contributed by atoms with Gasteiger partial charge in [0.25, 0.3) is 0 Å². The van der Waals surface area contributed by atoms with Gasteiger partial charge in [-0.05, 0) is 97.3 Å². The summed E-state index contributed by atoms with van der Waals surface area (Å²) in [6.45, 7) is 1.99. The molecular weight excluding hydrogens is 544 g/mol. The Morgan fingerprint density at radius 2 is 0.727 bits per heavy atom. The smallest absolute Gasteiger partial charge is 0.193 e. The van der Waals surface area contributed by atoms with Crippen molar-refractivity contribution in [2.24, 2.45) is 0 Å². The number of ketones is 2. The second-order valence-corrected chi connectivity index (χ2v) is 10.6. The van der Waals surface area contributed by atoms with Gasteiger partial charge in [-0.2, -0.15) is 0 Å². The number of carbonyl (C=O) groups excluding carboxylic acids is 2. The molecule has 0 aromatic heterocycles. The van der Waals surface area contributed by atoms with E-state index in [1.807, 2.05) is 97.9 Å². The van der Waals surface area contributed by atoms with E-state index < -0.39 is 0 Å². The molecule has 0 N–H and O–H groups in total. The summed E-state index contributed by atoms with van der Waals surface area (Å²) >= 11 is 0. The topological polar surface area (TPSA) is 52.6 Å². The lowest BCUT2D eigenvalue weighted by Gasteiger charge is -2.10. The molecule has 0 saturated carbocycles. The van der Waals surface area contributed by atoms with Gasteiger partial charge in [0, 0.05) is 22.3 Å². The zero-order valence-electron chi connectivity index (χ0n) is 24.3. The zero-order chi connectivity index (χ0) is 30.3. The van der Waals surface area contributed by atoms with Crippen LogP contribution < -0.4 is 9.47 Å². The Kier molecular flexibility index (Phi) is 8.42.